The zero-order valence-corrected chi connectivity index (χ0v) is 14.6. The molecule has 0 atom stereocenters. The molecule has 1 saturated heterocycles. The number of hydrogen-bond donors (Lipinski definition) is 1. The third-order valence-corrected chi connectivity index (χ3v) is 4.22. The lowest BCUT2D eigenvalue weighted by molar-refractivity contribution is 0.148. The number of methoxy groups -OCH3 is 1. The van der Waals surface area contributed by atoms with Crippen LogP contribution in [0.2, 0.25) is 0 Å². The first-order chi connectivity index (χ1) is 10.6. The van der Waals surface area contributed by atoms with Crippen molar-refractivity contribution < 1.29 is 4.74 Å². The first-order valence-corrected chi connectivity index (χ1v) is 8.36. The van der Waals surface area contributed by atoms with Crippen molar-refractivity contribution in [1.29, 1.82) is 0 Å². The summed E-state index contributed by atoms with van der Waals surface area (Å²) in [5, 5.41) is 3.49. The molecule has 0 saturated carbocycles. The molecular formula is C18H31N3O. The zero-order valence-electron chi connectivity index (χ0n) is 14.6. The minimum absolute atomic E-state index is 0.669. The number of likely N-dealkylation sites (N-methyl/N-ethyl adjacent to an activating group) is 1. The molecule has 0 unspecified atom stereocenters. The number of benzene rings is 1. The second-order valence-corrected chi connectivity index (χ2v) is 6.75. The quantitative estimate of drug-likeness (QED) is 0.836. The van der Waals surface area contributed by atoms with Crippen LogP contribution in [0, 0.1) is 5.92 Å². The summed E-state index contributed by atoms with van der Waals surface area (Å²) < 4.78 is 5.58. The molecule has 1 aliphatic rings. The molecule has 0 amide bonds. The second-order valence-electron chi connectivity index (χ2n) is 6.75. The number of nitrogens with zero attached hydrogens (tertiary/aromatic N) is 2. The van der Waals surface area contributed by atoms with E-state index in [2.05, 4.69) is 54.2 Å². The Labute approximate surface area is 135 Å². The van der Waals surface area contributed by atoms with E-state index in [1.54, 1.807) is 7.11 Å². The maximum Gasteiger partial charge on any atom is 0.123 e. The van der Waals surface area contributed by atoms with Crippen LogP contribution in [0.1, 0.15) is 25.0 Å². The van der Waals surface area contributed by atoms with Crippen molar-refractivity contribution >= 4 is 0 Å². The van der Waals surface area contributed by atoms with Gasteiger partial charge in [-0.3, -0.25) is 4.90 Å². The average Bonchev–Trinajstić information content (AvgIpc) is 2.50. The lowest BCUT2D eigenvalue weighted by atomic mass is 10.1. The highest BCUT2D eigenvalue weighted by atomic mass is 16.5. The molecule has 1 aromatic carbocycles. The fraction of sp³-hybridized carbons (Fsp3) is 0.667. The molecule has 1 N–H and O–H groups in total. The normalized spacial score (nSPS) is 17.1. The molecule has 1 aliphatic heterocycles. The van der Waals surface area contributed by atoms with Crippen molar-refractivity contribution in [3.05, 3.63) is 29.3 Å². The summed E-state index contributed by atoms with van der Waals surface area (Å²) in [6.07, 6.45) is 0. The van der Waals surface area contributed by atoms with Crippen molar-refractivity contribution in [2.24, 2.45) is 5.92 Å². The minimum atomic E-state index is 0.669. The Morgan fingerprint density at radius 3 is 2.55 bits per heavy atom. The van der Waals surface area contributed by atoms with E-state index in [0.29, 0.717) is 5.92 Å². The summed E-state index contributed by atoms with van der Waals surface area (Å²) in [7, 11) is 3.96. The van der Waals surface area contributed by atoms with Crippen LogP contribution in [0.4, 0.5) is 0 Å². The molecular weight excluding hydrogens is 274 g/mol. The Morgan fingerprint density at radius 1 is 1.18 bits per heavy atom. The van der Waals surface area contributed by atoms with Crippen LogP contribution in [-0.2, 0) is 13.1 Å². The van der Waals surface area contributed by atoms with Crippen LogP contribution in [0.5, 0.6) is 5.75 Å². The molecule has 0 spiro atoms. The highest BCUT2D eigenvalue weighted by Crippen LogP contribution is 2.21. The van der Waals surface area contributed by atoms with E-state index in [0.717, 1.165) is 51.6 Å². The van der Waals surface area contributed by atoms with Crippen LogP contribution >= 0.6 is 0 Å². The lowest BCUT2D eigenvalue weighted by Gasteiger charge is -2.32. The van der Waals surface area contributed by atoms with E-state index in [1.165, 1.54) is 11.1 Å². The molecule has 1 heterocycles. The van der Waals surface area contributed by atoms with Crippen molar-refractivity contribution in [2.75, 3.05) is 46.9 Å². The van der Waals surface area contributed by atoms with E-state index < -0.39 is 0 Å². The Balaban J connectivity index is 1.93. The van der Waals surface area contributed by atoms with Crippen molar-refractivity contribution in [3.63, 3.8) is 0 Å². The maximum atomic E-state index is 5.58. The molecule has 0 radical (unpaired) electrons. The van der Waals surface area contributed by atoms with Crippen molar-refractivity contribution in [1.82, 2.24) is 15.1 Å². The average molecular weight is 305 g/mol. The van der Waals surface area contributed by atoms with Crippen molar-refractivity contribution in [2.45, 2.75) is 26.9 Å². The van der Waals surface area contributed by atoms with Gasteiger partial charge in [0.05, 0.1) is 7.11 Å². The highest BCUT2D eigenvalue weighted by Gasteiger charge is 2.14. The molecule has 124 valence electrons. The van der Waals surface area contributed by atoms with Crippen molar-refractivity contribution in [3.8, 4) is 5.75 Å². The molecule has 0 bridgehead atoms. The molecule has 4 heteroatoms. The standard InChI is InChI=1S/C18H31N3O/c1-15(2)12-19-13-17-6-5-16(11-18(17)22-4)14-21-9-7-20(3)8-10-21/h5-6,11,15,19H,7-10,12-14H2,1-4H3. The van der Waals surface area contributed by atoms with Gasteiger partial charge in [-0.25, -0.2) is 0 Å². The Morgan fingerprint density at radius 2 is 1.91 bits per heavy atom. The number of nitrogens with one attached hydrogen (secondary N) is 1. The minimum Gasteiger partial charge on any atom is -0.496 e. The maximum absolute atomic E-state index is 5.58. The summed E-state index contributed by atoms with van der Waals surface area (Å²) in [5.41, 5.74) is 2.58. The number of piperazine rings is 1. The Hall–Kier alpha value is -1.10. The fourth-order valence-electron chi connectivity index (χ4n) is 2.79. The first-order valence-electron chi connectivity index (χ1n) is 8.36. The summed E-state index contributed by atoms with van der Waals surface area (Å²) in [5.74, 6) is 1.67. The van der Waals surface area contributed by atoms with Gasteiger partial charge in [0.1, 0.15) is 5.75 Å². The predicted octanol–water partition coefficient (Wildman–Crippen LogP) is 2.19. The molecule has 4 nitrogen and oxygen atoms in total. The number of rotatable bonds is 7. The Bertz CT molecular complexity index is 454. The van der Waals surface area contributed by atoms with Gasteiger partial charge in [0.25, 0.3) is 0 Å². The summed E-state index contributed by atoms with van der Waals surface area (Å²) in [4.78, 5) is 4.91. The molecule has 0 aromatic heterocycles. The third kappa shape index (κ3) is 5.27. The SMILES string of the molecule is COc1cc(CN2CCN(C)CC2)ccc1CNCC(C)C. The van der Waals surface area contributed by atoms with Gasteiger partial charge in [0.2, 0.25) is 0 Å². The molecule has 2 rings (SSSR count). The van der Waals surface area contributed by atoms with Gasteiger partial charge < -0.3 is 15.0 Å². The number of ether oxygens (including phenoxy) is 1. The summed E-state index contributed by atoms with van der Waals surface area (Å²) >= 11 is 0. The van der Waals surface area contributed by atoms with Crippen LogP contribution in [-0.4, -0.2) is 56.7 Å². The second kappa shape index (κ2) is 8.51. The van der Waals surface area contributed by atoms with Gasteiger partial charge in [0, 0.05) is 44.8 Å². The lowest BCUT2D eigenvalue weighted by Crippen LogP contribution is -2.43. The van der Waals surface area contributed by atoms with E-state index in [9.17, 15) is 0 Å². The largest absolute Gasteiger partial charge is 0.496 e. The Kier molecular flexibility index (Phi) is 6.68. The first kappa shape index (κ1) is 17.3. The molecule has 1 aromatic rings. The molecule has 22 heavy (non-hydrogen) atoms. The van der Waals surface area contributed by atoms with Gasteiger partial charge in [-0.15, -0.1) is 0 Å². The van der Waals surface area contributed by atoms with E-state index in [4.69, 9.17) is 4.74 Å². The van der Waals surface area contributed by atoms with Gasteiger partial charge in [0.15, 0.2) is 0 Å². The van der Waals surface area contributed by atoms with E-state index >= 15 is 0 Å². The van der Waals surface area contributed by atoms with Gasteiger partial charge in [-0.05, 0) is 31.1 Å². The van der Waals surface area contributed by atoms with Crippen LogP contribution in [0.15, 0.2) is 18.2 Å². The van der Waals surface area contributed by atoms with Crippen LogP contribution in [0.3, 0.4) is 0 Å². The topological polar surface area (TPSA) is 27.7 Å². The predicted molar refractivity (Wildman–Crippen MR) is 92.3 cm³/mol. The zero-order chi connectivity index (χ0) is 15.9. The van der Waals surface area contributed by atoms with Gasteiger partial charge in [-0.1, -0.05) is 26.0 Å². The summed E-state index contributed by atoms with van der Waals surface area (Å²) in [6.45, 7) is 12.0. The van der Waals surface area contributed by atoms with E-state index in [-0.39, 0.29) is 0 Å². The summed E-state index contributed by atoms with van der Waals surface area (Å²) in [6, 6.07) is 6.65. The monoisotopic (exact) mass is 305 g/mol. The smallest absolute Gasteiger partial charge is 0.123 e. The van der Waals surface area contributed by atoms with Crippen LogP contribution < -0.4 is 10.1 Å². The van der Waals surface area contributed by atoms with E-state index in [1.807, 2.05) is 0 Å². The third-order valence-electron chi connectivity index (χ3n) is 4.22. The number of hydrogen-bond acceptors (Lipinski definition) is 4. The van der Waals surface area contributed by atoms with Gasteiger partial charge in [-0.2, -0.15) is 0 Å². The fourth-order valence-corrected chi connectivity index (χ4v) is 2.79. The van der Waals surface area contributed by atoms with Crippen LogP contribution in [0.25, 0.3) is 0 Å². The highest BCUT2D eigenvalue weighted by molar-refractivity contribution is 5.37. The molecule has 0 aliphatic carbocycles. The van der Waals surface area contributed by atoms with Gasteiger partial charge >= 0.3 is 0 Å². The molecule has 1 fully saturated rings.